The molecule has 7 heteroatoms. The fourth-order valence-electron chi connectivity index (χ4n) is 1.75. The molecule has 2 heterocycles. The first kappa shape index (κ1) is 11.8. The standard InChI is InChI=1S/C12H8FN3O2S/c13-8-3-1-2-7(4-8)11-14-12-16(15-11)9(6-19-12)5-10(17)18/h1-4,6H,5H2,(H,17,18). The van der Waals surface area contributed by atoms with Crippen molar-refractivity contribution < 1.29 is 14.3 Å². The number of benzene rings is 1. The van der Waals surface area contributed by atoms with Gasteiger partial charge in [-0.3, -0.25) is 4.79 Å². The lowest BCUT2D eigenvalue weighted by Gasteiger charge is -1.95. The first-order valence-electron chi connectivity index (χ1n) is 5.44. The Morgan fingerprint density at radius 1 is 1.47 bits per heavy atom. The summed E-state index contributed by atoms with van der Waals surface area (Å²) >= 11 is 1.31. The van der Waals surface area contributed by atoms with Crippen LogP contribution in [0.3, 0.4) is 0 Å². The Balaban J connectivity index is 2.07. The van der Waals surface area contributed by atoms with Crippen LogP contribution in [0.25, 0.3) is 16.3 Å². The van der Waals surface area contributed by atoms with E-state index in [9.17, 15) is 9.18 Å². The zero-order valence-corrected chi connectivity index (χ0v) is 10.4. The van der Waals surface area contributed by atoms with E-state index in [1.807, 2.05) is 0 Å². The van der Waals surface area contributed by atoms with Crippen molar-refractivity contribution in [3.63, 3.8) is 0 Å². The molecule has 1 N–H and O–H groups in total. The third-order valence-corrected chi connectivity index (χ3v) is 3.43. The summed E-state index contributed by atoms with van der Waals surface area (Å²) in [5, 5.41) is 14.7. The van der Waals surface area contributed by atoms with Crippen LogP contribution < -0.4 is 0 Å². The lowest BCUT2D eigenvalue weighted by atomic mass is 10.2. The third kappa shape index (κ3) is 2.19. The normalized spacial score (nSPS) is 11.0. The smallest absolute Gasteiger partial charge is 0.309 e. The number of aliphatic carboxylic acids is 1. The maximum atomic E-state index is 13.1. The minimum absolute atomic E-state index is 0.119. The second kappa shape index (κ2) is 4.43. The fraction of sp³-hybridized carbons (Fsp3) is 0.0833. The number of fused-ring (bicyclic) bond motifs is 1. The molecule has 96 valence electrons. The van der Waals surface area contributed by atoms with E-state index in [1.165, 1.54) is 28.0 Å². The number of carboxylic acids is 1. The van der Waals surface area contributed by atoms with E-state index in [0.29, 0.717) is 22.0 Å². The van der Waals surface area contributed by atoms with Gasteiger partial charge in [-0.2, -0.15) is 4.98 Å². The number of hydrogen-bond acceptors (Lipinski definition) is 4. The van der Waals surface area contributed by atoms with Crippen molar-refractivity contribution in [2.24, 2.45) is 0 Å². The zero-order valence-electron chi connectivity index (χ0n) is 9.58. The summed E-state index contributed by atoms with van der Waals surface area (Å²) in [6, 6.07) is 5.98. The molecule has 0 aliphatic rings. The molecule has 19 heavy (non-hydrogen) atoms. The van der Waals surface area contributed by atoms with Gasteiger partial charge in [-0.25, -0.2) is 8.91 Å². The zero-order chi connectivity index (χ0) is 13.4. The van der Waals surface area contributed by atoms with Gasteiger partial charge in [-0.05, 0) is 12.1 Å². The van der Waals surface area contributed by atoms with Crippen molar-refractivity contribution in [1.29, 1.82) is 0 Å². The molecule has 0 aliphatic carbocycles. The van der Waals surface area contributed by atoms with Gasteiger partial charge in [-0.15, -0.1) is 16.4 Å². The van der Waals surface area contributed by atoms with Crippen LogP contribution in [0, 0.1) is 5.82 Å². The van der Waals surface area contributed by atoms with Crippen molar-refractivity contribution >= 4 is 22.3 Å². The van der Waals surface area contributed by atoms with Gasteiger partial charge in [0.05, 0.1) is 12.1 Å². The van der Waals surface area contributed by atoms with Gasteiger partial charge in [-0.1, -0.05) is 12.1 Å². The van der Waals surface area contributed by atoms with Crippen LogP contribution in [0.4, 0.5) is 4.39 Å². The van der Waals surface area contributed by atoms with E-state index in [1.54, 1.807) is 17.5 Å². The summed E-state index contributed by atoms with van der Waals surface area (Å²) < 4.78 is 14.6. The summed E-state index contributed by atoms with van der Waals surface area (Å²) in [5.41, 5.74) is 1.12. The Labute approximate surface area is 111 Å². The number of halogens is 1. The SMILES string of the molecule is O=C(O)Cc1csc2nc(-c3cccc(F)c3)nn12. The van der Waals surface area contributed by atoms with Crippen molar-refractivity contribution in [3.05, 3.63) is 41.2 Å². The van der Waals surface area contributed by atoms with E-state index < -0.39 is 5.97 Å². The summed E-state index contributed by atoms with van der Waals surface area (Å²) in [6.07, 6.45) is -0.119. The molecule has 0 saturated heterocycles. The van der Waals surface area contributed by atoms with Gasteiger partial charge in [0.1, 0.15) is 5.82 Å². The first-order valence-corrected chi connectivity index (χ1v) is 6.32. The number of nitrogens with zero attached hydrogens (tertiary/aromatic N) is 3. The molecule has 1 aromatic carbocycles. The monoisotopic (exact) mass is 277 g/mol. The Morgan fingerprint density at radius 2 is 2.32 bits per heavy atom. The minimum Gasteiger partial charge on any atom is -0.481 e. The van der Waals surface area contributed by atoms with Crippen LogP contribution in [-0.2, 0) is 11.2 Å². The number of carbonyl (C=O) groups is 1. The van der Waals surface area contributed by atoms with Gasteiger partial charge in [0.2, 0.25) is 4.96 Å². The quantitative estimate of drug-likeness (QED) is 0.797. The molecule has 0 atom stereocenters. The molecular weight excluding hydrogens is 269 g/mol. The lowest BCUT2D eigenvalue weighted by Crippen LogP contribution is -2.03. The summed E-state index contributed by atoms with van der Waals surface area (Å²) in [7, 11) is 0. The van der Waals surface area contributed by atoms with E-state index in [-0.39, 0.29) is 12.2 Å². The van der Waals surface area contributed by atoms with E-state index in [0.717, 1.165) is 0 Å². The van der Waals surface area contributed by atoms with Gasteiger partial charge >= 0.3 is 5.97 Å². The van der Waals surface area contributed by atoms with Crippen LogP contribution in [0.15, 0.2) is 29.6 Å². The highest BCUT2D eigenvalue weighted by molar-refractivity contribution is 7.15. The van der Waals surface area contributed by atoms with Gasteiger partial charge in [0, 0.05) is 10.9 Å². The highest BCUT2D eigenvalue weighted by Gasteiger charge is 2.13. The molecule has 0 amide bonds. The predicted molar refractivity (Wildman–Crippen MR) is 67.6 cm³/mol. The maximum Gasteiger partial charge on any atom is 0.309 e. The third-order valence-electron chi connectivity index (χ3n) is 2.57. The number of carboxylic acid groups (broad SMARTS) is 1. The van der Waals surface area contributed by atoms with Crippen molar-refractivity contribution in [2.75, 3.05) is 0 Å². The van der Waals surface area contributed by atoms with Crippen molar-refractivity contribution in [2.45, 2.75) is 6.42 Å². The first-order chi connectivity index (χ1) is 9.13. The summed E-state index contributed by atoms with van der Waals surface area (Å²) in [6.45, 7) is 0. The molecule has 0 fully saturated rings. The average molecular weight is 277 g/mol. The highest BCUT2D eigenvalue weighted by atomic mass is 32.1. The predicted octanol–water partition coefficient (Wildman–Crippen LogP) is 2.22. The number of rotatable bonds is 3. The molecule has 0 aliphatic heterocycles. The molecule has 5 nitrogen and oxygen atoms in total. The average Bonchev–Trinajstić information content (AvgIpc) is 2.91. The number of thiazole rings is 1. The van der Waals surface area contributed by atoms with Gasteiger partial charge in [0.15, 0.2) is 5.82 Å². The second-order valence-electron chi connectivity index (χ2n) is 3.94. The summed E-state index contributed by atoms with van der Waals surface area (Å²) in [5.74, 6) is -0.901. The number of hydrogen-bond donors (Lipinski definition) is 1. The highest BCUT2D eigenvalue weighted by Crippen LogP contribution is 2.21. The molecule has 0 spiro atoms. The Morgan fingerprint density at radius 3 is 3.05 bits per heavy atom. The minimum atomic E-state index is -0.928. The molecule has 0 radical (unpaired) electrons. The van der Waals surface area contributed by atoms with Crippen LogP contribution in [0.2, 0.25) is 0 Å². The Bertz CT molecular complexity index is 765. The van der Waals surface area contributed by atoms with Gasteiger partial charge in [0.25, 0.3) is 0 Å². The van der Waals surface area contributed by atoms with E-state index in [2.05, 4.69) is 10.1 Å². The molecular formula is C12H8FN3O2S. The largest absolute Gasteiger partial charge is 0.481 e. The Hall–Kier alpha value is -2.28. The molecule has 0 saturated carbocycles. The lowest BCUT2D eigenvalue weighted by molar-refractivity contribution is -0.136. The van der Waals surface area contributed by atoms with E-state index >= 15 is 0 Å². The molecule has 0 unspecified atom stereocenters. The fourth-order valence-corrected chi connectivity index (χ4v) is 2.57. The van der Waals surface area contributed by atoms with Crippen LogP contribution in [0.5, 0.6) is 0 Å². The van der Waals surface area contributed by atoms with Crippen molar-refractivity contribution in [1.82, 2.24) is 14.6 Å². The maximum absolute atomic E-state index is 13.1. The molecule has 3 aromatic rings. The van der Waals surface area contributed by atoms with Crippen LogP contribution in [-0.4, -0.2) is 25.7 Å². The van der Waals surface area contributed by atoms with Gasteiger partial charge < -0.3 is 5.11 Å². The van der Waals surface area contributed by atoms with Crippen molar-refractivity contribution in [3.8, 4) is 11.4 Å². The second-order valence-corrected chi connectivity index (χ2v) is 4.77. The van der Waals surface area contributed by atoms with Crippen LogP contribution in [0.1, 0.15) is 5.69 Å². The molecule has 2 aromatic heterocycles. The van der Waals surface area contributed by atoms with Crippen LogP contribution >= 0.6 is 11.3 Å². The summed E-state index contributed by atoms with van der Waals surface area (Å²) in [4.78, 5) is 15.6. The topological polar surface area (TPSA) is 67.5 Å². The van der Waals surface area contributed by atoms with E-state index in [4.69, 9.17) is 5.11 Å². The number of aromatic nitrogens is 3. The Kier molecular flexibility index (Phi) is 2.75. The molecule has 0 bridgehead atoms. The molecule has 3 rings (SSSR count).